The molecular formula is C20H20N2O2. The number of aryl methyl sites for hydroxylation is 1. The molecule has 0 unspecified atom stereocenters. The first-order chi connectivity index (χ1) is 11.6. The van der Waals surface area contributed by atoms with Gasteiger partial charge in [0.05, 0.1) is 0 Å². The highest BCUT2D eigenvalue weighted by atomic mass is 16.2. The van der Waals surface area contributed by atoms with Gasteiger partial charge in [-0.15, -0.1) is 0 Å². The third kappa shape index (κ3) is 4.56. The molecule has 4 nitrogen and oxygen atoms in total. The van der Waals surface area contributed by atoms with Crippen molar-refractivity contribution in [3.63, 3.8) is 0 Å². The Hall–Kier alpha value is -2.88. The summed E-state index contributed by atoms with van der Waals surface area (Å²) in [6.07, 6.45) is 5.20. The van der Waals surface area contributed by atoms with E-state index in [4.69, 9.17) is 0 Å². The number of hydrogen-bond acceptors (Lipinski definition) is 2. The van der Waals surface area contributed by atoms with E-state index in [-0.39, 0.29) is 17.7 Å². The van der Waals surface area contributed by atoms with E-state index in [0.29, 0.717) is 11.4 Å². The molecule has 0 radical (unpaired) electrons. The highest BCUT2D eigenvalue weighted by molar-refractivity contribution is 6.02. The lowest BCUT2D eigenvalue weighted by Gasteiger charge is -2.07. The number of amides is 2. The van der Waals surface area contributed by atoms with Crippen molar-refractivity contribution in [2.45, 2.75) is 19.8 Å². The molecule has 0 saturated heterocycles. The van der Waals surface area contributed by atoms with Crippen molar-refractivity contribution < 1.29 is 9.59 Å². The summed E-state index contributed by atoms with van der Waals surface area (Å²) in [7, 11) is 0. The van der Waals surface area contributed by atoms with Crippen LogP contribution in [0.2, 0.25) is 0 Å². The zero-order chi connectivity index (χ0) is 16.9. The first kappa shape index (κ1) is 16.0. The minimum atomic E-state index is -0.207. The average molecular weight is 320 g/mol. The normalized spacial score (nSPS) is 13.7. The fraction of sp³-hybridized carbons (Fsp3) is 0.200. The number of anilines is 2. The van der Waals surface area contributed by atoms with Crippen molar-refractivity contribution in [1.29, 1.82) is 0 Å². The van der Waals surface area contributed by atoms with Crippen LogP contribution in [-0.4, -0.2) is 11.8 Å². The summed E-state index contributed by atoms with van der Waals surface area (Å²) in [6, 6.07) is 15.1. The van der Waals surface area contributed by atoms with Crippen LogP contribution in [0.1, 0.15) is 24.0 Å². The Bertz CT molecular complexity index is 774. The molecule has 1 aliphatic rings. The van der Waals surface area contributed by atoms with E-state index in [2.05, 4.69) is 10.6 Å². The molecule has 0 bridgehead atoms. The van der Waals surface area contributed by atoms with Gasteiger partial charge < -0.3 is 10.6 Å². The first-order valence-electron chi connectivity index (χ1n) is 8.07. The van der Waals surface area contributed by atoms with Crippen LogP contribution in [-0.2, 0) is 9.59 Å². The lowest BCUT2D eigenvalue weighted by molar-refractivity contribution is -0.117. The van der Waals surface area contributed by atoms with Gasteiger partial charge in [0.2, 0.25) is 11.8 Å². The van der Waals surface area contributed by atoms with Gasteiger partial charge in [-0.3, -0.25) is 9.59 Å². The van der Waals surface area contributed by atoms with E-state index in [9.17, 15) is 9.59 Å². The summed E-state index contributed by atoms with van der Waals surface area (Å²) in [5.41, 5.74) is 3.51. The Labute approximate surface area is 141 Å². The highest BCUT2D eigenvalue weighted by Crippen LogP contribution is 2.30. The van der Waals surface area contributed by atoms with Crippen LogP contribution in [0.5, 0.6) is 0 Å². The lowest BCUT2D eigenvalue weighted by atomic mass is 10.1. The van der Waals surface area contributed by atoms with Gasteiger partial charge in [-0.2, -0.15) is 0 Å². The van der Waals surface area contributed by atoms with Crippen molar-refractivity contribution in [2.75, 3.05) is 10.6 Å². The quantitative estimate of drug-likeness (QED) is 0.818. The molecular weight excluding hydrogens is 300 g/mol. The molecule has 4 heteroatoms. The van der Waals surface area contributed by atoms with E-state index < -0.39 is 0 Å². The standard InChI is InChI=1S/C20H20N2O2/c1-14-5-7-15(8-6-14)9-12-19(23)21-17-3-2-4-18(13-17)22-20(24)16-10-11-16/h2-9,12-13,16H,10-11H2,1H3,(H,21,23)(H,22,24)/b12-9+. The van der Waals surface area contributed by atoms with Gasteiger partial charge in [0.1, 0.15) is 0 Å². The minimum absolute atomic E-state index is 0.0535. The van der Waals surface area contributed by atoms with Crippen LogP contribution in [0.3, 0.4) is 0 Å². The van der Waals surface area contributed by atoms with Gasteiger partial charge >= 0.3 is 0 Å². The van der Waals surface area contributed by atoms with Crippen molar-refractivity contribution in [1.82, 2.24) is 0 Å². The van der Waals surface area contributed by atoms with Crippen LogP contribution in [0, 0.1) is 12.8 Å². The van der Waals surface area contributed by atoms with Gasteiger partial charge in [-0.1, -0.05) is 35.9 Å². The topological polar surface area (TPSA) is 58.2 Å². The van der Waals surface area contributed by atoms with Crippen LogP contribution in [0.15, 0.2) is 54.6 Å². The number of benzene rings is 2. The minimum Gasteiger partial charge on any atom is -0.326 e. The average Bonchev–Trinajstić information content (AvgIpc) is 3.40. The van der Waals surface area contributed by atoms with Crippen molar-refractivity contribution in [3.8, 4) is 0 Å². The maximum atomic E-state index is 12.0. The molecule has 0 aliphatic heterocycles. The summed E-state index contributed by atoms with van der Waals surface area (Å²) in [5, 5.41) is 5.68. The number of hydrogen-bond donors (Lipinski definition) is 2. The van der Waals surface area contributed by atoms with Crippen LogP contribution in [0.4, 0.5) is 11.4 Å². The van der Waals surface area contributed by atoms with E-state index >= 15 is 0 Å². The molecule has 0 aromatic heterocycles. The Morgan fingerprint density at radius 1 is 1.00 bits per heavy atom. The highest BCUT2D eigenvalue weighted by Gasteiger charge is 2.29. The van der Waals surface area contributed by atoms with Gasteiger partial charge in [-0.25, -0.2) is 0 Å². The third-order valence-corrected chi connectivity index (χ3v) is 3.85. The largest absolute Gasteiger partial charge is 0.326 e. The summed E-state index contributed by atoms with van der Waals surface area (Å²) in [4.78, 5) is 23.8. The fourth-order valence-corrected chi connectivity index (χ4v) is 2.30. The zero-order valence-corrected chi connectivity index (χ0v) is 13.6. The van der Waals surface area contributed by atoms with Gasteiger partial charge in [0, 0.05) is 23.4 Å². The summed E-state index contributed by atoms with van der Waals surface area (Å²) >= 11 is 0. The summed E-state index contributed by atoms with van der Waals surface area (Å²) < 4.78 is 0. The number of rotatable bonds is 5. The second kappa shape index (κ2) is 7.13. The SMILES string of the molecule is Cc1ccc(/C=C/C(=O)Nc2cccc(NC(=O)C3CC3)c2)cc1. The van der Waals surface area contributed by atoms with Gasteiger partial charge in [-0.05, 0) is 49.6 Å². The second-order valence-corrected chi connectivity index (χ2v) is 6.08. The van der Waals surface area contributed by atoms with Gasteiger partial charge in [0.15, 0.2) is 0 Å². The van der Waals surface area contributed by atoms with E-state index in [1.54, 1.807) is 18.2 Å². The van der Waals surface area contributed by atoms with Crippen molar-refractivity contribution >= 4 is 29.3 Å². The monoisotopic (exact) mass is 320 g/mol. The van der Waals surface area contributed by atoms with Crippen LogP contribution >= 0.6 is 0 Å². The number of nitrogens with one attached hydrogen (secondary N) is 2. The molecule has 0 atom stereocenters. The predicted molar refractivity (Wildman–Crippen MR) is 96.6 cm³/mol. The molecule has 1 aliphatic carbocycles. The molecule has 2 N–H and O–H groups in total. The smallest absolute Gasteiger partial charge is 0.248 e. The van der Waals surface area contributed by atoms with E-state index in [0.717, 1.165) is 18.4 Å². The van der Waals surface area contributed by atoms with Gasteiger partial charge in [0.25, 0.3) is 0 Å². The predicted octanol–water partition coefficient (Wildman–Crippen LogP) is 4.00. The van der Waals surface area contributed by atoms with Crippen molar-refractivity contribution in [3.05, 3.63) is 65.7 Å². The van der Waals surface area contributed by atoms with E-state index in [1.807, 2.05) is 43.3 Å². The zero-order valence-electron chi connectivity index (χ0n) is 13.6. The Morgan fingerprint density at radius 2 is 1.67 bits per heavy atom. The Kier molecular flexibility index (Phi) is 4.75. The Balaban J connectivity index is 1.59. The van der Waals surface area contributed by atoms with Crippen molar-refractivity contribution in [2.24, 2.45) is 5.92 Å². The van der Waals surface area contributed by atoms with E-state index in [1.165, 1.54) is 11.6 Å². The fourth-order valence-electron chi connectivity index (χ4n) is 2.30. The molecule has 3 rings (SSSR count). The molecule has 1 fully saturated rings. The number of carbonyl (C=O) groups excluding carboxylic acids is 2. The lowest BCUT2D eigenvalue weighted by Crippen LogP contribution is -2.14. The summed E-state index contributed by atoms with van der Waals surface area (Å²) in [6.45, 7) is 2.02. The molecule has 0 spiro atoms. The van der Waals surface area contributed by atoms with Crippen LogP contribution < -0.4 is 10.6 Å². The van der Waals surface area contributed by atoms with Crippen LogP contribution in [0.25, 0.3) is 6.08 Å². The summed E-state index contributed by atoms with van der Waals surface area (Å²) in [5.74, 6) is -0.000299. The molecule has 1 saturated carbocycles. The maximum absolute atomic E-state index is 12.0. The third-order valence-electron chi connectivity index (χ3n) is 3.85. The first-order valence-corrected chi connectivity index (χ1v) is 8.07. The molecule has 2 aromatic carbocycles. The molecule has 122 valence electrons. The molecule has 2 amide bonds. The maximum Gasteiger partial charge on any atom is 0.248 e. The second-order valence-electron chi connectivity index (χ2n) is 6.08. The molecule has 0 heterocycles. The Morgan fingerprint density at radius 3 is 2.33 bits per heavy atom. The molecule has 24 heavy (non-hydrogen) atoms. The number of carbonyl (C=O) groups is 2. The molecule has 2 aromatic rings.